The van der Waals surface area contributed by atoms with Crippen LogP contribution in [0.3, 0.4) is 0 Å². The molecule has 1 saturated heterocycles. The highest BCUT2D eigenvalue weighted by atomic mass is 16.3. The Bertz CT molecular complexity index is 950. The molecule has 0 radical (unpaired) electrons. The number of anilines is 1. The zero-order valence-corrected chi connectivity index (χ0v) is 12.8. The maximum Gasteiger partial charge on any atom is 0.241 e. The number of para-hydroxylation sites is 1. The van der Waals surface area contributed by atoms with Crippen LogP contribution in [0.1, 0.15) is 17.9 Å². The first-order chi connectivity index (χ1) is 11.7. The second-order valence-electron chi connectivity index (χ2n) is 5.88. The van der Waals surface area contributed by atoms with Crippen molar-refractivity contribution in [2.75, 3.05) is 4.90 Å². The van der Waals surface area contributed by atoms with Crippen molar-refractivity contribution in [1.29, 1.82) is 0 Å². The molecule has 3 aromatic rings. The zero-order valence-electron chi connectivity index (χ0n) is 12.8. The summed E-state index contributed by atoms with van der Waals surface area (Å²) in [5, 5.41) is 12.1. The molecule has 0 saturated carbocycles. The smallest absolute Gasteiger partial charge is 0.241 e. The average molecular weight is 317 g/mol. The fraction of sp³-hybridized carbons (Fsp3) is 0.100. The van der Waals surface area contributed by atoms with Gasteiger partial charge in [-0.05, 0) is 29.0 Å². The van der Waals surface area contributed by atoms with Gasteiger partial charge in [0, 0.05) is 12.0 Å². The second-order valence-corrected chi connectivity index (χ2v) is 5.88. The lowest BCUT2D eigenvalue weighted by molar-refractivity contribution is -0.121. The van der Waals surface area contributed by atoms with E-state index in [1.807, 2.05) is 36.4 Å². The van der Waals surface area contributed by atoms with Crippen LogP contribution in [0, 0.1) is 0 Å². The van der Waals surface area contributed by atoms with Gasteiger partial charge in [-0.1, -0.05) is 48.5 Å². The highest BCUT2D eigenvalue weighted by molar-refractivity contribution is 6.23. The summed E-state index contributed by atoms with van der Waals surface area (Å²) in [7, 11) is 0. The Morgan fingerprint density at radius 2 is 1.58 bits per heavy atom. The molecule has 1 heterocycles. The number of hydrogen-bond donors (Lipinski definition) is 1. The Morgan fingerprint density at radius 3 is 2.38 bits per heavy atom. The third kappa shape index (κ3) is 2.15. The summed E-state index contributed by atoms with van der Waals surface area (Å²) in [6.07, 6.45) is 0.0648. The summed E-state index contributed by atoms with van der Waals surface area (Å²) in [5.74, 6) is -1.15. The van der Waals surface area contributed by atoms with Crippen LogP contribution in [0.2, 0.25) is 0 Å². The third-order valence-electron chi connectivity index (χ3n) is 4.46. The van der Waals surface area contributed by atoms with Crippen molar-refractivity contribution in [3.8, 4) is 5.75 Å². The number of phenols is 1. The Balaban J connectivity index is 1.83. The lowest BCUT2D eigenvalue weighted by Crippen LogP contribution is -2.29. The first kappa shape index (κ1) is 14.5. The van der Waals surface area contributed by atoms with Gasteiger partial charge in [0.1, 0.15) is 5.75 Å². The number of carbonyl (C=O) groups is 2. The Hall–Kier alpha value is -3.14. The molecule has 1 aliphatic heterocycles. The first-order valence-corrected chi connectivity index (χ1v) is 7.79. The zero-order chi connectivity index (χ0) is 16.7. The highest BCUT2D eigenvalue weighted by Gasteiger charge is 2.42. The van der Waals surface area contributed by atoms with Crippen LogP contribution in [0.5, 0.6) is 5.75 Å². The van der Waals surface area contributed by atoms with Crippen molar-refractivity contribution in [2.24, 2.45) is 0 Å². The van der Waals surface area contributed by atoms with E-state index in [2.05, 4.69) is 0 Å². The molecule has 4 nitrogen and oxygen atoms in total. The van der Waals surface area contributed by atoms with Crippen molar-refractivity contribution in [1.82, 2.24) is 0 Å². The molecule has 2 amide bonds. The number of nitrogens with zero attached hydrogens (tertiary/aromatic N) is 1. The molecule has 118 valence electrons. The minimum Gasteiger partial charge on any atom is -0.508 e. The SMILES string of the molecule is O=C1CC(c2c(O)ccc3ccccc23)C(=O)N1c1ccccc1. The third-order valence-corrected chi connectivity index (χ3v) is 4.46. The molecule has 0 aromatic heterocycles. The number of amides is 2. The van der Waals surface area contributed by atoms with Crippen molar-refractivity contribution in [3.05, 3.63) is 72.3 Å². The van der Waals surface area contributed by atoms with Gasteiger partial charge in [0.15, 0.2) is 0 Å². The summed E-state index contributed by atoms with van der Waals surface area (Å²) >= 11 is 0. The molecule has 0 aliphatic carbocycles. The normalized spacial score (nSPS) is 17.7. The largest absolute Gasteiger partial charge is 0.508 e. The summed E-state index contributed by atoms with van der Waals surface area (Å²) in [6.45, 7) is 0. The van der Waals surface area contributed by atoms with E-state index in [0.717, 1.165) is 10.8 Å². The van der Waals surface area contributed by atoms with Gasteiger partial charge in [0.25, 0.3) is 0 Å². The molecule has 1 unspecified atom stereocenters. The molecule has 1 atom stereocenters. The van der Waals surface area contributed by atoms with Crippen LogP contribution in [-0.4, -0.2) is 16.9 Å². The number of rotatable bonds is 2. The van der Waals surface area contributed by atoms with E-state index in [1.165, 1.54) is 4.90 Å². The topological polar surface area (TPSA) is 57.6 Å². The lowest BCUT2D eigenvalue weighted by Gasteiger charge is -2.16. The molecule has 1 fully saturated rings. The highest BCUT2D eigenvalue weighted by Crippen LogP contribution is 2.40. The van der Waals surface area contributed by atoms with Crippen LogP contribution in [0.15, 0.2) is 66.7 Å². The molecule has 1 N–H and O–H groups in total. The van der Waals surface area contributed by atoms with Gasteiger partial charge in [-0.3, -0.25) is 14.5 Å². The number of benzene rings is 3. The van der Waals surface area contributed by atoms with E-state index in [1.54, 1.807) is 30.3 Å². The molecule has 0 bridgehead atoms. The van der Waals surface area contributed by atoms with Gasteiger partial charge in [-0.15, -0.1) is 0 Å². The van der Waals surface area contributed by atoms with Gasteiger partial charge in [0.2, 0.25) is 11.8 Å². The number of imide groups is 1. The number of fused-ring (bicyclic) bond motifs is 1. The lowest BCUT2D eigenvalue weighted by atomic mass is 9.91. The van der Waals surface area contributed by atoms with Crippen LogP contribution in [0.4, 0.5) is 5.69 Å². The van der Waals surface area contributed by atoms with Gasteiger partial charge >= 0.3 is 0 Å². The summed E-state index contributed by atoms with van der Waals surface area (Å²) in [5.41, 5.74) is 1.10. The van der Waals surface area contributed by atoms with Crippen molar-refractivity contribution >= 4 is 28.3 Å². The van der Waals surface area contributed by atoms with Crippen molar-refractivity contribution in [3.63, 3.8) is 0 Å². The van der Waals surface area contributed by atoms with E-state index < -0.39 is 5.92 Å². The Labute approximate surface area is 139 Å². The Kier molecular flexibility index (Phi) is 3.31. The fourth-order valence-electron chi connectivity index (χ4n) is 3.36. The molecule has 3 aromatic carbocycles. The van der Waals surface area contributed by atoms with Crippen molar-refractivity contribution < 1.29 is 14.7 Å². The van der Waals surface area contributed by atoms with Crippen LogP contribution >= 0.6 is 0 Å². The quantitative estimate of drug-likeness (QED) is 0.735. The molecule has 0 spiro atoms. The second kappa shape index (κ2) is 5.49. The molecule has 4 rings (SSSR count). The number of phenolic OH excluding ortho intramolecular Hbond substituents is 1. The number of carbonyl (C=O) groups excluding carboxylic acids is 2. The van der Waals surface area contributed by atoms with Crippen LogP contribution < -0.4 is 4.90 Å². The van der Waals surface area contributed by atoms with Gasteiger partial charge in [-0.2, -0.15) is 0 Å². The summed E-state index contributed by atoms with van der Waals surface area (Å²) in [4.78, 5) is 26.6. The predicted molar refractivity (Wildman–Crippen MR) is 91.9 cm³/mol. The first-order valence-electron chi connectivity index (χ1n) is 7.79. The molecule has 1 aliphatic rings. The maximum absolute atomic E-state index is 12.9. The monoisotopic (exact) mass is 317 g/mol. The van der Waals surface area contributed by atoms with E-state index in [-0.39, 0.29) is 24.0 Å². The fourth-order valence-corrected chi connectivity index (χ4v) is 3.36. The maximum atomic E-state index is 12.9. The van der Waals surface area contributed by atoms with Gasteiger partial charge < -0.3 is 5.11 Å². The van der Waals surface area contributed by atoms with E-state index in [0.29, 0.717) is 11.3 Å². The minimum atomic E-state index is -0.663. The van der Waals surface area contributed by atoms with Gasteiger partial charge in [-0.25, -0.2) is 0 Å². The Morgan fingerprint density at radius 1 is 0.875 bits per heavy atom. The number of hydrogen-bond acceptors (Lipinski definition) is 3. The standard InChI is InChI=1S/C20H15NO3/c22-17-11-10-13-6-4-5-9-15(13)19(17)16-12-18(23)21(20(16)24)14-7-2-1-3-8-14/h1-11,16,22H,12H2. The van der Waals surface area contributed by atoms with Crippen LogP contribution in [-0.2, 0) is 9.59 Å². The van der Waals surface area contributed by atoms with Gasteiger partial charge in [0.05, 0.1) is 11.6 Å². The molecule has 4 heteroatoms. The summed E-state index contributed by atoms with van der Waals surface area (Å²) < 4.78 is 0. The molecular weight excluding hydrogens is 302 g/mol. The summed E-state index contributed by atoms with van der Waals surface area (Å²) in [6, 6.07) is 19.8. The van der Waals surface area contributed by atoms with Crippen molar-refractivity contribution in [2.45, 2.75) is 12.3 Å². The molecular formula is C20H15NO3. The molecule has 24 heavy (non-hydrogen) atoms. The van der Waals surface area contributed by atoms with E-state index >= 15 is 0 Å². The van der Waals surface area contributed by atoms with Crippen LogP contribution in [0.25, 0.3) is 10.8 Å². The minimum absolute atomic E-state index is 0.0507. The number of aromatic hydroxyl groups is 1. The van der Waals surface area contributed by atoms with E-state index in [9.17, 15) is 14.7 Å². The predicted octanol–water partition coefficient (Wildman–Crippen LogP) is 3.59. The van der Waals surface area contributed by atoms with E-state index in [4.69, 9.17) is 0 Å². The average Bonchev–Trinajstić information content (AvgIpc) is 2.90.